The van der Waals surface area contributed by atoms with Gasteiger partial charge in [0.1, 0.15) is 0 Å². The number of carboxylic acids is 1. The number of nitrogens with zero attached hydrogens (tertiary/aromatic N) is 1. The Morgan fingerprint density at radius 1 is 0.880 bits per heavy atom. The van der Waals surface area contributed by atoms with Gasteiger partial charge in [0, 0.05) is 21.8 Å². The molecule has 0 bridgehead atoms. The molecule has 2 aromatic carbocycles. The van der Waals surface area contributed by atoms with Gasteiger partial charge in [-0.2, -0.15) is 0 Å². The van der Waals surface area contributed by atoms with Crippen LogP contribution in [0.4, 0.5) is 0 Å². The number of para-hydroxylation sites is 1. The molecule has 0 spiro atoms. The quantitative estimate of drug-likeness (QED) is 0.475. The number of aryl methyl sites for hydroxylation is 1. The predicted octanol–water partition coefficient (Wildman–Crippen LogP) is 5.36. The van der Waals surface area contributed by atoms with Crippen LogP contribution in [0.3, 0.4) is 0 Å². The van der Waals surface area contributed by atoms with Crippen LogP contribution in [0.1, 0.15) is 15.9 Å². The molecule has 0 fully saturated rings. The summed E-state index contributed by atoms with van der Waals surface area (Å²) in [4.78, 5) is 11.1. The minimum atomic E-state index is -0.902. The van der Waals surface area contributed by atoms with E-state index in [0.29, 0.717) is 5.56 Å². The average molecular weight is 325 g/mol. The van der Waals surface area contributed by atoms with Gasteiger partial charge < -0.3 is 9.51 Å². The van der Waals surface area contributed by atoms with Gasteiger partial charge in [-0.25, -0.2) is 4.79 Å². The largest absolute Gasteiger partial charge is 0.478 e. The summed E-state index contributed by atoms with van der Waals surface area (Å²) in [6, 6.07) is 22.2. The Morgan fingerprint density at radius 3 is 2.28 bits per heavy atom. The van der Waals surface area contributed by atoms with Crippen molar-refractivity contribution < 1.29 is 9.90 Å². The second-order valence-corrected chi connectivity index (χ2v) is 6.49. The minimum absolute atomic E-state index is 0.305. The van der Waals surface area contributed by atoms with E-state index in [4.69, 9.17) is 5.11 Å². The first-order chi connectivity index (χ1) is 12.1. The first-order valence-electron chi connectivity index (χ1n) is 8.23. The molecule has 5 rings (SSSR count). The van der Waals surface area contributed by atoms with E-state index in [1.807, 2.05) is 12.1 Å². The predicted molar refractivity (Wildman–Crippen MR) is 101 cm³/mol. The number of hydrogen-bond donors (Lipinski definition) is 1. The molecule has 3 heterocycles. The fourth-order valence-electron chi connectivity index (χ4n) is 3.83. The summed E-state index contributed by atoms with van der Waals surface area (Å²) in [5.74, 6) is -0.902. The molecule has 0 radical (unpaired) electrons. The van der Waals surface area contributed by atoms with Crippen molar-refractivity contribution >= 4 is 33.3 Å². The third kappa shape index (κ3) is 1.89. The van der Waals surface area contributed by atoms with Crippen molar-refractivity contribution in [2.24, 2.45) is 0 Å². The van der Waals surface area contributed by atoms with E-state index in [1.165, 1.54) is 27.4 Å². The van der Waals surface area contributed by atoms with E-state index in [9.17, 15) is 4.79 Å². The molecule has 0 aliphatic heterocycles. The number of carbonyl (C=O) groups is 1. The molecule has 0 unspecified atom stereocenters. The molecular weight excluding hydrogens is 310 g/mol. The molecule has 0 saturated heterocycles. The average Bonchev–Trinajstić information content (AvgIpc) is 3.04. The van der Waals surface area contributed by atoms with E-state index < -0.39 is 5.97 Å². The van der Waals surface area contributed by atoms with Crippen LogP contribution in [0, 0.1) is 6.92 Å². The second kappa shape index (κ2) is 4.84. The molecule has 120 valence electrons. The van der Waals surface area contributed by atoms with Crippen molar-refractivity contribution in [3.8, 4) is 11.1 Å². The lowest BCUT2D eigenvalue weighted by molar-refractivity contribution is 0.0697. The van der Waals surface area contributed by atoms with E-state index in [-0.39, 0.29) is 0 Å². The molecule has 0 aliphatic carbocycles. The minimum Gasteiger partial charge on any atom is -0.478 e. The summed E-state index contributed by atoms with van der Waals surface area (Å²) in [5, 5.41) is 11.5. The first kappa shape index (κ1) is 14.1. The van der Waals surface area contributed by atoms with Crippen molar-refractivity contribution in [2.45, 2.75) is 6.92 Å². The topological polar surface area (TPSA) is 41.7 Å². The Morgan fingerprint density at radius 2 is 1.56 bits per heavy atom. The number of rotatable bonds is 2. The lowest BCUT2D eigenvalue weighted by Crippen LogP contribution is -1.97. The summed E-state index contributed by atoms with van der Waals surface area (Å²) in [5.41, 5.74) is 7.29. The third-order valence-electron chi connectivity index (χ3n) is 5.02. The molecule has 5 aromatic rings. The fraction of sp³-hybridized carbons (Fsp3) is 0.0455. The molecule has 0 aliphatic rings. The zero-order chi connectivity index (χ0) is 17.1. The van der Waals surface area contributed by atoms with Gasteiger partial charge in [-0.05, 0) is 60.0 Å². The van der Waals surface area contributed by atoms with Gasteiger partial charge in [0.05, 0.1) is 11.1 Å². The summed E-state index contributed by atoms with van der Waals surface area (Å²) < 4.78 is 2.30. The lowest BCUT2D eigenvalue weighted by Gasteiger charge is -2.15. The number of hydrogen-bond acceptors (Lipinski definition) is 1. The van der Waals surface area contributed by atoms with Crippen LogP contribution in [-0.2, 0) is 0 Å². The molecule has 25 heavy (non-hydrogen) atoms. The van der Waals surface area contributed by atoms with Crippen LogP contribution >= 0.6 is 0 Å². The Kier molecular flexibility index (Phi) is 2.72. The highest BCUT2D eigenvalue weighted by Crippen LogP contribution is 2.36. The molecule has 3 nitrogen and oxygen atoms in total. The maximum absolute atomic E-state index is 11.1. The summed E-state index contributed by atoms with van der Waals surface area (Å²) in [6.07, 6.45) is 0. The Balaban J connectivity index is 1.90. The molecular formula is C22H15NO2. The zero-order valence-corrected chi connectivity index (χ0v) is 13.7. The van der Waals surface area contributed by atoms with Crippen molar-refractivity contribution in [1.82, 2.24) is 4.40 Å². The normalized spacial score (nSPS) is 11.7. The number of carboxylic acid groups (broad SMARTS) is 1. The van der Waals surface area contributed by atoms with Crippen molar-refractivity contribution in [1.29, 1.82) is 0 Å². The van der Waals surface area contributed by atoms with Gasteiger partial charge in [0.25, 0.3) is 0 Å². The number of aromatic carboxylic acids is 1. The highest BCUT2D eigenvalue weighted by Gasteiger charge is 2.14. The molecule has 0 atom stereocenters. The Hall–Kier alpha value is -3.33. The Labute approximate surface area is 144 Å². The van der Waals surface area contributed by atoms with E-state index in [1.54, 1.807) is 12.1 Å². The highest BCUT2D eigenvalue weighted by molar-refractivity contribution is 6.08. The monoisotopic (exact) mass is 325 g/mol. The number of benzene rings is 2. The van der Waals surface area contributed by atoms with Crippen LogP contribution in [0.25, 0.3) is 38.4 Å². The van der Waals surface area contributed by atoms with Gasteiger partial charge in [0.15, 0.2) is 0 Å². The molecule has 3 aromatic heterocycles. The maximum Gasteiger partial charge on any atom is 0.335 e. The van der Waals surface area contributed by atoms with E-state index >= 15 is 0 Å². The van der Waals surface area contributed by atoms with Gasteiger partial charge in [-0.15, -0.1) is 0 Å². The van der Waals surface area contributed by atoms with Gasteiger partial charge in [-0.1, -0.05) is 30.3 Å². The van der Waals surface area contributed by atoms with Crippen molar-refractivity contribution in [3.05, 3.63) is 77.9 Å². The van der Waals surface area contributed by atoms with Crippen LogP contribution in [0.5, 0.6) is 0 Å². The molecule has 1 N–H and O–H groups in total. The number of pyridine rings is 2. The van der Waals surface area contributed by atoms with Crippen LogP contribution in [0.2, 0.25) is 0 Å². The SMILES string of the molecule is Cc1cc2ccc3cc(-c4ccc(C(=O)O)cc4)c4cccc1c4n23. The smallest absolute Gasteiger partial charge is 0.335 e. The van der Waals surface area contributed by atoms with Gasteiger partial charge in [0.2, 0.25) is 0 Å². The molecule has 3 heteroatoms. The first-order valence-corrected chi connectivity index (χ1v) is 8.23. The highest BCUT2D eigenvalue weighted by atomic mass is 16.4. The van der Waals surface area contributed by atoms with Crippen LogP contribution in [-0.4, -0.2) is 15.5 Å². The third-order valence-corrected chi connectivity index (χ3v) is 5.02. The maximum atomic E-state index is 11.1. The van der Waals surface area contributed by atoms with Crippen molar-refractivity contribution in [3.63, 3.8) is 0 Å². The lowest BCUT2D eigenvalue weighted by atomic mass is 9.97. The van der Waals surface area contributed by atoms with E-state index in [0.717, 1.165) is 16.6 Å². The van der Waals surface area contributed by atoms with Crippen LogP contribution < -0.4 is 0 Å². The molecule has 0 amide bonds. The zero-order valence-electron chi connectivity index (χ0n) is 13.7. The number of aromatic nitrogens is 1. The fourth-order valence-corrected chi connectivity index (χ4v) is 3.83. The van der Waals surface area contributed by atoms with Crippen molar-refractivity contribution in [2.75, 3.05) is 0 Å². The summed E-state index contributed by atoms with van der Waals surface area (Å²) in [6.45, 7) is 2.14. The summed E-state index contributed by atoms with van der Waals surface area (Å²) >= 11 is 0. The molecule has 0 saturated carbocycles. The second-order valence-electron chi connectivity index (χ2n) is 6.49. The van der Waals surface area contributed by atoms with Crippen LogP contribution in [0.15, 0.2) is 66.7 Å². The van der Waals surface area contributed by atoms with Gasteiger partial charge in [-0.3, -0.25) is 0 Å². The van der Waals surface area contributed by atoms with Gasteiger partial charge >= 0.3 is 5.97 Å². The van der Waals surface area contributed by atoms with E-state index in [2.05, 4.69) is 53.8 Å². The Bertz CT molecular complexity index is 1260. The summed E-state index contributed by atoms with van der Waals surface area (Å²) in [7, 11) is 0. The standard InChI is InChI=1S/C22H15NO2/c1-13-11-16-9-10-17-12-20(14-5-7-15(8-6-14)22(24)25)19-4-2-3-18(13)21(19)23(16)17/h2-12H,1H3,(H,24,25).